The first-order valence-corrected chi connectivity index (χ1v) is 12.9. The third-order valence-electron chi connectivity index (χ3n) is 7.47. The van der Waals surface area contributed by atoms with Crippen LogP contribution >= 0.6 is 0 Å². The van der Waals surface area contributed by atoms with Gasteiger partial charge in [0.15, 0.2) is 0 Å². The van der Waals surface area contributed by atoms with E-state index in [-0.39, 0.29) is 5.82 Å². The van der Waals surface area contributed by atoms with Gasteiger partial charge in [-0.15, -0.1) is 0 Å². The van der Waals surface area contributed by atoms with Gasteiger partial charge in [0.2, 0.25) is 5.82 Å². The summed E-state index contributed by atoms with van der Waals surface area (Å²) in [5.74, 6) is -0.00243. The molecule has 0 unspecified atom stereocenters. The second kappa shape index (κ2) is 11.0. The van der Waals surface area contributed by atoms with Crippen molar-refractivity contribution in [3.8, 4) is 17.3 Å². The molecule has 8 heteroatoms. The number of nitriles is 1. The van der Waals surface area contributed by atoms with Crippen molar-refractivity contribution in [2.45, 2.75) is 76.6 Å². The van der Waals surface area contributed by atoms with E-state index in [2.05, 4.69) is 27.8 Å². The van der Waals surface area contributed by atoms with Crippen molar-refractivity contribution < 1.29 is 13.2 Å². The van der Waals surface area contributed by atoms with Crippen LogP contribution in [-0.2, 0) is 11.8 Å². The Balaban J connectivity index is 1.88. The summed E-state index contributed by atoms with van der Waals surface area (Å²) in [6.07, 6.45) is 5.51. The molecule has 0 aliphatic carbocycles. The van der Waals surface area contributed by atoms with Crippen LogP contribution in [0.15, 0.2) is 30.3 Å². The zero-order valence-electron chi connectivity index (χ0n) is 20.4. The van der Waals surface area contributed by atoms with Crippen molar-refractivity contribution in [3.63, 3.8) is 0 Å². The number of nitrogens with zero attached hydrogens (tertiary/aromatic N) is 5. The second-order valence-corrected chi connectivity index (χ2v) is 9.63. The highest BCUT2D eigenvalue weighted by Gasteiger charge is 2.44. The highest BCUT2D eigenvalue weighted by atomic mass is 19.4. The van der Waals surface area contributed by atoms with E-state index in [1.165, 1.54) is 31.7 Å². The molecule has 3 heterocycles. The molecule has 0 amide bonds. The van der Waals surface area contributed by atoms with Crippen molar-refractivity contribution in [3.05, 3.63) is 47.4 Å². The Bertz CT molecular complexity index is 1010. The number of aromatic nitrogens is 2. The van der Waals surface area contributed by atoms with Crippen LogP contribution in [0.4, 0.5) is 13.2 Å². The molecule has 0 atom stereocenters. The molecule has 0 saturated carbocycles. The van der Waals surface area contributed by atoms with Gasteiger partial charge >= 0.3 is 6.18 Å². The predicted octanol–water partition coefficient (Wildman–Crippen LogP) is 6.35. The lowest BCUT2D eigenvalue weighted by molar-refractivity contribution is -0.137. The number of hydrogen-bond donors (Lipinski definition) is 0. The molecule has 2 saturated heterocycles. The molecule has 5 nitrogen and oxygen atoms in total. The van der Waals surface area contributed by atoms with Crippen LogP contribution in [0.5, 0.6) is 0 Å². The molecule has 188 valence electrons. The summed E-state index contributed by atoms with van der Waals surface area (Å²) in [7, 11) is 0. The Hall–Kier alpha value is -2.50. The minimum absolute atomic E-state index is 0.00243. The Morgan fingerprint density at radius 1 is 0.857 bits per heavy atom. The predicted molar refractivity (Wildman–Crippen MR) is 129 cm³/mol. The third kappa shape index (κ3) is 5.52. The molecule has 0 radical (unpaired) electrons. The fraction of sp³-hybridized carbons (Fsp3) is 0.593. The Kier molecular flexibility index (Phi) is 8.08. The van der Waals surface area contributed by atoms with Gasteiger partial charge in [-0.3, -0.25) is 9.80 Å². The van der Waals surface area contributed by atoms with Gasteiger partial charge in [0.1, 0.15) is 11.7 Å². The first-order valence-electron chi connectivity index (χ1n) is 12.9. The van der Waals surface area contributed by atoms with E-state index >= 15 is 0 Å². The van der Waals surface area contributed by atoms with Gasteiger partial charge in [-0.25, -0.2) is 9.97 Å². The molecule has 2 fully saturated rings. The summed E-state index contributed by atoms with van der Waals surface area (Å²) in [5.41, 5.74) is 0.189. The number of hydrogen-bond acceptors (Lipinski definition) is 5. The van der Waals surface area contributed by atoms with Crippen molar-refractivity contribution in [1.82, 2.24) is 19.8 Å². The zero-order chi connectivity index (χ0) is 24.9. The molecule has 0 N–H and O–H groups in total. The van der Waals surface area contributed by atoms with Gasteiger partial charge in [-0.2, -0.15) is 18.4 Å². The highest BCUT2D eigenvalue weighted by molar-refractivity contribution is 5.61. The number of rotatable bonds is 5. The quantitative estimate of drug-likeness (QED) is 0.494. The number of alkyl halides is 3. The van der Waals surface area contributed by atoms with Gasteiger partial charge in [-0.1, -0.05) is 44.7 Å². The van der Waals surface area contributed by atoms with Gasteiger partial charge in [0, 0.05) is 31.7 Å². The number of halogens is 3. The lowest BCUT2D eigenvalue weighted by atomic mass is 9.94. The topological polar surface area (TPSA) is 56.1 Å². The Labute approximate surface area is 206 Å². The van der Waals surface area contributed by atoms with E-state index in [9.17, 15) is 18.4 Å². The Morgan fingerprint density at radius 2 is 1.43 bits per heavy atom. The van der Waals surface area contributed by atoms with Crippen LogP contribution in [0.25, 0.3) is 11.3 Å². The molecule has 0 bridgehead atoms. The SMILES string of the molecule is CCC(c1cc(-c2cccc(C(F)(F)F)c2)nc(C#N)n1)(N1CCCCCC1)N1CCCCCC1. The molecule has 4 rings (SSSR count). The molecule has 2 aliphatic heterocycles. The van der Waals surface area contributed by atoms with Crippen molar-refractivity contribution in [1.29, 1.82) is 5.26 Å². The molecular formula is C27H34F3N5. The fourth-order valence-electron chi connectivity index (χ4n) is 5.74. The first kappa shape index (κ1) is 25.6. The Morgan fingerprint density at radius 3 is 1.91 bits per heavy atom. The summed E-state index contributed by atoms with van der Waals surface area (Å²) in [5, 5.41) is 9.78. The van der Waals surface area contributed by atoms with E-state index in [0.717, 1.165) is 76.1 Å². The average molecular weight is 486 g/mol. The normalized spacial score (nSPS) is 19.1. The minimum atomic E-state index is -4.45. The van der Waals surface area contributed by atoms with E-state index < -0.39 is 17.4 Å². The first-order chi connectivity index (χ1) is 16.9. The number of benzene rings is 1. The minimum Gasteiger partial charge on any atom is -0.280 e. The van der Waals surface area contributed by atoms with Crippen molar-refractivity contribution in [2.24, 2.45) is 0 Å². The molecular weight excluding hydrogens is 451 g/mol. The highest BCUT2D eigenvalue weighted by Crippen LogP contribution is 2.40. The summed E-state index contributed by atoms with van der Waals surface area (Å²) in [6, 6.07) is 9.07. The van der Waals surface area contributed by atoms with Crippen LogP contribution in [-0.4, -0.2) is 45.9 Å². The molecule has 35 heavy (non-hydrogen) atoms. The largest absolute Gasteiger partial charge is 0.416 e. The smallest absolute Gasteiger partial charge is 0.280 e. The van der Waals surface area contributed by atoms with Gasteiger partial charge < -0.3 is 0 Å². The lowest BCUT2D eigenvalue weighted by Crippen LogP contribution is -2.59. The van der Waals surface area contributed by atoms with Crippen molar-refractivity contribution in [2.75, 3.05) is 26.2 Å². The molecule has 2 aromatic rings. The van der Waals surface area contributed by atoms with Crippen LogP contribution < -0.4 is 0 Å². The zero-order valence-corrected chi connectivity index (χ0v) is 20.4. The van der Waals surface area contributed by atoms with Crippen LogP contribution in [0.2, 0.25) is 0 Å². The van der Waals surface area contributed by atoms with E-state index in [4.69, 9.17) is 4.98 Å². The maximum absolute atomic E-state index is 13.4. The molecule has 2 aliphatic rings. The van der Waals surface area contributed by atoms with Crippen LogP contribution in [0.1, 0.15) is 81.8 Å². The molecule has 1 aromatic carbocycles. The maximum atomic E-state index is 13.4. The summed E-state index contributed by atoms with van der Waals surface area (Å²) < 4.78 is 40.2. The summed E-state index contributed by atoms with van der Waals surface area (Å²) in [6.45, 7) is 5.92. The van der Waals surface area contributed by atoms with Crippen LogP contribution in [0, 0.1) is 11.3 Å². The van der Waals surface area contributed by atoms with E-state index in [1.807, 2.05) is 6.07 Å². The maximum Gasteiger partial charge on any atom is 0.416 e. The van der Waals surface area contributed by atoms with Crippen LogP contribution in [0.3, 0.4) is 0 Å². The van der Waals surface area contributed by atoms with Gasteiger partial charge in [0.05, 0.1) is 17.0 Å². The van der Waals surface area contributed by atoms with Gasteiger partial charge in [-0.05, 0) is 50.3 Å². The lowest BCUT2D eigenvalue weighted by Gasteiger charge is -2.50. The summed E-state index contributed by atoms with van der Waals surface area (Å²) in [4.78, 5) is 14.1. The average Bonchev–Trinajstić information content (AvgIpc) is 3.31. The molecule has 1 aromatic heterocycles. The van der Waals surface area contributed by atoms with E-state index in [1.54, 1.807) is 6.07 Å². The third-order valence-corrected chi connectivity index (χ3v) is 7.47. The van der Waals surface area contributed by atoms with Gasteiger partial charge in [0.25, 0.3) is 0 Å². The standard InChI is InChI=1S/C27H34F3N5/c1-2-26(34-14-7-3-4-8-15-34,35-16-9-5-6-10-17-35)24-19-23(32-25(20-31)33-24)21-12-11-13-22(18-21)27(28,29)30/h11-13,18-19H,2-10,14-17H2,1H3. The van der Waals surface area contributed by atoms with E-state index in [0.29, 0.717) is 11.3 Å². The summed E-state index contributed by atoms with van der Waals surface area (Å²) >= 11 is 0. The molecule has 0 spiro atoms. The second-order valence-electron chi connectivity index (χ2n) is 9.63. The number of likely N-dealkylation sites (tertiary alicyclic amines) is 2. The monoisotopic (exact) mass is 485 g/mol. The fourth-order valence-corrected chi connectivity index (χ4v) is 5.74. The van der Waals surface area contributed by atoms with Crippen molar-refractivity contribution >= 4 is 0 Å².